The third-order valence-electron chi connectivity index (χ3n) is 4.82. The highest BCUT2D eigenvalue weighted by molar-refractivity contribution is 5.76. The third-order valence-corrected chi connectivity index (χ3v) is 4.82. The number of amides is 2. The van der Waals surface area contributed by atoms with Crippen LogP contribution in [0.3, 0.4) is 0 Å². The molecule has 1 N–H and O–H groups in total. The molecule has 6 nitrogen and oxygen atoms in total. The first-order valence-corrected chi connectivity index (χ1v) is 8.57. The molecule has 1 atom stereocenters. The van der Waals surface area contributed by atoms with E-state index in [2.05, 4.69) is 15.4 Å². The fourth-order valence-electron chi connectivity index (χ4n) is 3.62. The van der Waals surface area contributed by atoms with Gasteiger partial charge in [0, 0.05) is 37.3 Å². The van der Waals surface area contributed by atoms with Gasteiger partial charge in [0.15, 0.2) is 5.76 Å². The average Bonchev–Trinajstić information content (AvgIpc) is 3.25. The van der Waals surface area contributed by atoms with Crippen molar-refractivity contribution in [2.24, 2.45) is 0 Å². The van der Waals surface area contributed by atoms with Gasteiger partial charge in [-0.1, -0.05) is 35.5 Å². The van der Waals surface area contributed by atoms with Gasteiger partial charge in [-0.05, 0) is 19.4 Å². The molecule has 0 bridgehead atoms. The van der Waals surface area contributed by atoms with Crippen molar-refractivity contribution in [3.63, 3.8) is 0 Å². The quantitative estimate of drug-likeness (QED) is 0.937. The van der Waals surface area contributed by atoms with Crippen molar-refractivity contribution >= 4 is 6.03 Å². The van der Waals surface area contributed by atoms with E-state index in [9.17, 15) is 4.79 Å². The molecular weight excluding hydrogens is 304 g/mol. The van der Waals surface area contributed by atoms with Gasteiger partial charge < -0.3 is 14.7 Å². The number of likely N-dealkylation sites (tertiary alicyclic amines) is 1. The van der Waals surface area contributed by atoms with Crippen LogP contribution < -0.4 is 5.32 Å². The lowest BCUT2D eigenvalue weighted by atomic mass is 10.0. The van der Waals surface area contributed by atoms with Crippen LogP contribution >= 0.6 is 0 Å². The first-order valence-electron chi connectivity index (χ1n) is 8.57. The van der Waals surface area contributed by atoms with E-state index in [1.165, 1.54) is 0 Å². The number of aromatic nitrogens is 1. The molecule has 0 spiro atoms. The van der Waals surface area contributed by atoms with Crippen LogP contribution in [0.2, 0.25) is 0 Å². The summed E-state index contributed by atoms with van der Waals surface area (Å²) in [6, 6.07) is 12.5. The normalized spacial score (nSPS) is 21.9. The summed E-state index contributed by atoms with van der Waals surface area (Å²) in [6.45, 7) is 4.25. The maximum atomic E-state index is 11.9. The van der Waals surface area contributed by atoms with E-state index in [4.69, 9.17) is 4.52 Å². The third kappa shape index (κ3) is 3.14. The van der Waals surface area contributed by atoms with E-state index in [0.717, 1.165) is 62.6 Å². The maximum Gasteiger partial charge on any atom is 0.317 e. The Balaban J connectivity index is 1.40. The minimum absolute atomic E-state index is 0.0767. The molecule has 3 heterocycles. The molecule has 2 saturated heterocycles. The summed E-state index contributed by atoms with van der Waals surface area (Å²) in [5.41, 5.74) is 1.94. The second kappa shape index (κ2) is 6.65. The summed E-state index contributed by atoms with van der Waals surface area (Å²) in [4.78, 5) is 16.2. The van der Waals surface area contributed by atoms with Gasteiger partial charge in [-0.3, -0.25) is 4.90 Å². The van der Waals surface area contributed by atoms with Gasteiger partial charge in [-0.15, -0.1) is 0 Å². The molecule has 126 valence electrons. The Morgan fingerprint density at radius 1 is 1.25 bits per heavy atom. The lowest BCUT2D eigenvalue weighted by Crippen LogP contribution is -2.48. The maximum absolute atomic E-state index is 11.9. The van der Waals surface area contributed by atoms with Crippen molar-refractivity contribution < 1.29 is 9.32 Å². The van der Waals surface area contributed by atoms with Crippen molar-refractivity contribution in [3.05, 3.63) is 42.2 Å². The molecule has 1 unspecified atom stereocenters. The SMILES string of the molecule is O=C1NCCN1C1CCCN(Cc2cc(-c3ccccc3)no2)C1. The zero-order valence-electron chi connectivity index (χ0n) is 13.6. The summed E-state index contributed by atoms with van der Waals surface area (Å²) in [6.07, 6.45) is 2.18. The molecule has 2 fully saturated rings. The number of urea groups is 1. The van der Waals surface area contributed by atoms with Crippen LogP contribution in [0.25, 0.3) is 11.3 Å². The molecule has 2 aromatic rings. The van der Waals surface area contributed by atoms with Crippen molar-refractivity contribution in [1.82, 2.24) is 20.3 Å². The molecule has 1 aromatic carbocycles. The summed E-state index contributed by atoms with van der Waals surface area (Å²) >= 11 is 0. The Kier molecular flexibility index (Phi) is 4.21. The zero-order valence-corrected chi connectivity index (χ0v) is 13.6. The van der Waals surface area contributed by atoms with Crippen LogP contribution in [0.5, 0.6) is 0 Å². The fourth-order valence-corrected chi connectivity index (χ4v) is 3.62. The van der Waals surface area contributed by atoms with Crippen molar-refractivity contribution in [2.45, 2.75) is 25.4 Å². The van der Waals surface area contributed by atoms with E-state index >= 15 is 0 Å². The summed E-state index contributed by atoms with van der Waals surface area (Å²) in [7, 11) is 0. The van der Waals surface area contributed by atoms with E-state index in [1.54, 1.807) is 0 Å². The number of rotatable bonds is 4. The predicted molar refractivity (Wildman–Crippen MR) is 90.3 cm³/mol. The molecule has 0 saturated carbocycles. The van der Waals surface area contributed by atoms with E-state index < -0.39 is 0 Å². The van der Waals surface area contributed by atoms with Crippen molar-refractivity contribution in [3.8, 4) is 11.3 Å². The molecule has 24 heavy (non-hydrogen) atoms. The van der Waals surface area contributed by atoms with Gasteiger partial charge in [-0.25, -0.2) is 4.79 Å². The van der Waals surface area contributed by atoms with E-state index in [0.29, 0.717) is 6.04 Å². The number of hydrogen-bond donors (Lipinski definition) is 1. The van der Waals surface area contributed by atoms with Crippen LogP contribution in [0.15, 0.2) is 40.9 Å². The zero-order chi connectivity index (χ0) is 16.4. The smallest absolute Gasteiger partial charge is 0.317 e. The monoisotopic (exact) mass is 326 g/mol. The molecule has 0 radical (unpaired) electrons. The Bertz CT molecular complexity index is 700. The number of piperidine rings is 1. The lowest BCUT2D eigenvalue weighted by Gasteiger charge is -2.36. The summed E-state index contributed by atoms with van der Waals surface area (Å²) in [5, 5.41) is 7.08. The largest absolute Gasteiger partial charge is 0.359 e. The van der Waals surface area contributed by atoms with Gasteiger partial charge >= 0.3 is 6.03 Å². The second-order valence-electron chi connectivity index (χ2n) is 6.50. The van der Waals surface area contributed by atoms with Gasteiger partial charge in [0.25, 0.3) is 0 Å². The number of carbonyl (C=O) groups excluding carboxylic acids is 1. The molecule has 1 aromatic heterocycles. The second-order valence-corrected chi connectivity index (χ2v) is 6.50. The molecule has 0 aliphatic carbocycles. The minimum Gasteiger partial charge on any atom is -0.359 e. The Morgan fingerprint density at radius 2 is 2.12 bits per heavy atom. The van der Waals surface area contributed by atoms with Crippen molar-refractivity contribution in [1.29, 1.82) is 0 Å². The average molecular weight is 326 g/mol. The molecule has 2 aliphatic heterocycles. The highest BCUT2D eigenvalue weighted by atomic mass is 16.5. The topological polar surface area (TPSA) is 61.6 Å². The van der Waals surface area contributed by atoms with E-state index in [1.807, 2.05) is 41.3 Å². The van der Waals surface area contributed by atoms with Gasteiger partial charge in [-0.2, -0.15) is 0 Å². The van der Waals surface area contributed by atoms with Crippen LogP contribution in [-0.2, 0) is 6.54 Å². The number of carbonyl (C=O) groups is 1. The Morgan fingerprint density at radius 3 is 2.92 bits per heavy atom. The first-order chi connectivity index (χ1) is 11.8. The molecule has 2 amide bonds. The van der Waals surface area contributed by atoms with E-state index in [-0.39, 0.29) is 6.03 Å². The molecule has 6 heteroatoms. The lowest BCUT2D eigenvalue weighted by molar-refractivity contribution is 0.115. The van der Waals surface area contributed by atoms with Gasteiger partial charge in [0.2, 0.25) is 0 Å². The van der Waals surface area contributed by atoms with Crippen LogP contribution in [0, 0.1) is 0 Å². The molecular formula is C18H22N4O2. The number of nitrogens with zero attached hydrogens (tertiary/aromatic N) is 3. The van der Waals surface area contributed by atoms with Crippen LogP contribution in [0.4, 0.5) is 4.79 Å². The molecule has 2 aliphatic rings. The number of benzene rings is 1. The Hall–Kier alpha value is -2.34. The summed E-state index contributed by atoms with van der Waals surface area (Å²) < 4.78 is 5.52. The highest BCUT2D eigenvalue weighted by Crippen LogP contribution is 2.22. The van der Waals surface area contributed by atoms with Crippen LogP contribution in [-0.4, -0.2) is 53.2 Å². The fraction of sp³-hybridized carbons (Fsp3) is 0.444. The molecule has 4 rings (SSSR count). The number of hydrogen-bond acceptors (Lipinski definition) is 4. The van der Waals surface area contributed by atoms with Gasteiger partial charge in [0.05, 0.1) is 6.54 Å². The van der Waals surface area contributed by atoms with Gasteiger partial charge in [0.1, 0.15) is 5.69 Å². The first kappa shape index (κ1) is 15.2. The van der Waals surface area contributed by atoms with Crippen LogP contribution in [0.1, 0.15) is 18.6 Å². The van der Waals surface area contributed by atoms with Crippen molar-refractivity contribution in [2.75, 3.05) is 26.2 Å². The standard InChI is InChI=1S/C18H22N4O2/c23-18-19-8-10-22(18)15-7-4-9-21(12-15)13-16-11-17(20-24-16)14-5-2-1-3-6-14/h1-3,5-6,11,15H,4,7-10,12-13H2,(H,19,23). The number of nitrogens with one attached hydrogen (secondary N) is 1. The minimum atomic E-state index is 0.0767. The summed E-state index contributed by atoms with van der Waals surface area (Å²) in [5.74, 6) is 0.875. The predicted octanol–water partition coefficient (Wildman–Crippen LogP) is 2.33. The highest BCUT2D eigenvalue weighted by Gasteiger charge is 2.31. The Labute approximate surface area is 141 Å².